The van der Waals surface area contributed by atoms with Crippen molar-refractivity contribution in [3.63, 3.8) is 0 Å². The number of methoxy groups -OCH3 is 1. The average Bonchev–Trinajstić information content (AvgIpc) is 2.79. The highest BCUT2D eigenvalue weighted by Gasteiger charge is 2.27. The molecule has 1 aromatic carbocycles. The van der Waals surface area contributed by atoms with Crippen LogP contribution in [0, 0.1) is 5.82 Å². The highest BCUT2D eigenvalue weighted by Crippen LogP contribution is 2.40. The Morgan fingerprint density at radius 3 is 2.94 bits per heavy atom. The maximum atomic E-state index is 14.9. The van der Waals surface area contributed by atoms with Gasteiger partial charge >= 0.3 is 6.09 Å². The Labute approximate surface area is 191 Å². The normalized spacial score (nSPS) is 18.2. The SMILES string of the molecule is COC(=O)N1CCC[C@@H](Nc2ncc(Cl)c(-c3cc(F)c4c(c3)N(C(C)C)CCO4)n2)C1. The Morgan fingerprint density at radius 2 is 2.19 bits per heavy atom. The molecule has 1 amide bonds. The van der Waals surface area contributed by atoms with Gasteiger partial charge in [0.25, 0.3) is 0 Å². The molecule has 1 fully saturated rings. The molecule has 1 saturated heterocycles. The molecule has 8 nitrogen and oxygen atoms in total. The summed E-state index contributed by atoms with van der Waals surface area (Å²) in [6.07, 6.45) is 2.86. The number of hydrogen-bond acceptors (Lipinski definition) is 7. The van der Waals surface area contributed by atoms with E-state index in [1.165, 1.54) is 19.4 Å². The number of likely N-dealkylation sites (tertiary alicyclic amines) is 1. The second-order valence-corrected chi connectivity index (χ2v) is 8.64. The Morgan fingerprint density at radius 1 is 1.38 bits per heavy atom. The van der Waals surface area contributed by atoms with Crippen molar-refractivity contribution in [3.8, 4) is 17.0 Å². The zero-order valence-corrected chi connectivity index (χ0v) is 19.2. The number of anilines is 2. The van der Waals surface area contributed by atoms with Crippen LogP contribution in [0.1, 0.15) is 26.7 Å². The Kier molecular flexibility index (Phi) is 6.55. The van der Waals surface area contributed by atoms with Gasteiger partial charge in [0.1, 0.15) is 6.61 Å². The van der Waals surface area contributed by atoms with Crippen molar-refractivity contribution < 1.29 is 18.7 Å². The van der Waals surface area contributed by atoms with E-state index < -0.39 is 5.82 Å². The van der Waals surface area contributed by atoms with Crippen LogP contribution in [-0.4, -0.2) is 66.4 Å². The van der Waals surface area contributed by atoms with Gasteiger partial charge in [-0.1, -0.05) is 11.6 Å². The summed E-state index contributed by atoms with van der Waals surface area (Å²) in [5.74, 6) is 0.173. The smallest absolute Gasteiger partial charge is 0.409 e. The molecule has 2 aliphatic rings. The third-order valence-corrected chi connectivity index (χ3v) is 6.02. The summed E-state index contributed by atoms with van der Waals surface area (Å²) in [7, 11) is 1.37. The summed E-state index contributed by atoms with van der Waals surface area (Å²) in [6, 6.07) is 3.41. The molecule has 0 aliphatic carbocycles. The lowest BCUT2D eigenvalue weighted by Crippen LogP contribution is -2.45. The number of nitrogens with one attached hydrogen (secondary N) is 1. The third kappa shape index (κ3) is 4.53. The van der Waals surface area contributed by atoms with E-state index in [1.807, 2.05) is 6.07 Å². The maximum Gasteiger partial charge on any atom is 0.409 e. The lowest BCUT2D eigenvalue weighted by atomic mass is 10.1. The van der Waals surface area contributed by atoms with Crippen LogP contribution in [0.25, 0.3) is 11.3 Å². The molecule has 32 heavy (non-hydrogen) atoms. The molecule has 1 atom stereocenters. The van der Waals surface area contributed by atoms with Crippen LogP contribution < -0.4 is 15.0 Å². The maximum absolute atomic E-state index is 14.9. The molecule has 172 valence electrons. The van der Waals surface area contributed by atoms with Crippen molar-refractivity contribution >= 4 is 29.3 Å². The van der Waals surface area contributed by atoms with E-state index in [0.29, 0.717) is 54.2 Å². The molecule has 10 heteroatoms. The number of fused-ring (bicyclic) bond motifs is 1. The van der Waals surface area contributed by atoms with Crippen molar-refractivity contribution in [2.75, 3.05) is 43.6 Å². The monoisotopic (exact) mass is 463 g/mol. The van der Waals surface area contributed by atoms with E-state index >= 15 is 0 Å². The van der Waals surface area contributed by atoms with Crippen LogP contribution in [-0.2, 0) is 4.74 Å². The minimum atomic E-state index is -0.451. The second kappa shape index (κ2) is 9.36. The van der Waals surface area contributed by atoms with E-state index in [4.69, 9.17) is 21.1 Å². The first-order valence-corrected chi connectivity index (χ1v) is 11.1. The summed E-state index contributed by atoms with van der Waals surface area (Å²) in [5, 5.41) is 3.59. The first kappa shape index (κ1) is 22.4. The Balaban J connectivity index is 1.62. The summed E-state index contributed by atoms with van der Waals surface area (Å²) < 4.78 is 25.3. The van der Waals surface area contributed by atoms with E-state index in [1.54, 1.807) is 4.90 Å². The van der Waals surface area contributed by atoms with E-state index in [2.05, 4.69) is 34.0 Å². The van der Waals surface area contributed by atoms with E-state index in [9.17, 15) is 9.18 Å². The fourth-order valence-electron chi connectivity index (χ4n) is 4.19. The number of ether oxygens (including phenoxy) is 2. The van der Waals surface area contributed by atoms with Crippen LogP contribution in [0.3, 0.4) is 0 Å². The first-order chi connectivity index (χ1) is 15.4. The standard InChI is InChI=1S/C22H27ClFN5O3/c1-13(2)29-7-8-32-20-17(24)9-14(10-18(20)29)19-16(23)11-25-21(27-19)26-15-5-4-6-28(12-15)22(30)31-3/h9-11,13,15H,4-8,12H2,1-3H3,(H,25,26,27)/t15-/m1/s1. The number of nitrogens with zero attached hydrogens (tertiary/aromatic N) is 4. The van der Waals surface area contributed by atoms with Gasteiger partial charge in [-0.3, -0.25) is 0 Å². The first-order valence-electron chi connectivity index (χ1n) is 10.7. The lowest BCUT2D eigenvalue weighted by Gasteiger charge is -2.35. The zero-order valence-electron chi connectivity index (χ0n) is 18.4. The number of benzene rings is 1. The molecule has 0 unspecified atom stereocenters. The van der Waals surface area contributed by atoms with E-state index in [0.717, 1.165) is 12.8 Å². The highest BCUT2D eigenvalue weighted by molar-refractivity contribution is 6.32. The van der Waals surface area contributed by atoms with Crippen molar-refractivity contribution in [2.24, 2.45) is 0 Å². The van der Waals surface area contributed by atoms with E-state index in [-0.39, 0.29) is 23.9 Å². The largest absolute Gasteiger partial charge is 0.486 e. The van der Waals surface area contributed by atoms with Crippen LogP contribution in [0.15, 0.2) is 18.3 Å². The number of amides is 1. The average molecular weight is 464 g/mol. The number of halogens is 2. The molecule has 1 aromatic heterocycles. The van der Waals surface area contributed by atoms with Gasteiger partial charge in [-0.05, 0) is 38.8 Å². The third-order valence-electron chi connectivity index (χ3n) is 5.74. The van der Waals surface area contributed by atoms with Crippen molar-refractivity contribution in [1.82, 2.24) is 14.9 Å². The molecule has 2 aromatic rings. The van der Waals surface area contributed by atoms with Crippen LogP contribution in [0.4, 0.5) is 20.8 Å². The van der Waals surface area contributed by atoms with Gasteiger partial charge in [0.2, 0.25) is 5.95 Å². The van der Waals surface area contributed by atoms with Gasteiger partial charge in [0.15, 0.2) is 11.6 Å². The van der Waals surface area contributed by atoms with Gasteiger partial charge < -0.3 is 24.6 Å². The molecule has 0 saturated carbocycles. The molecular weight excluding hydrogens is 437 g/mol. The Hall–Kier alpha value is -2.81. The predicted octanol–water partition coefficient (Wildman–Crippen LogP) is 4.19. The number of rotatable bonds is 4. The Bertz CT molecular complexity index is 1010. The molecule has 0 bridgehead atoms. The van der Waals surface area contributed by atoms with Gasteiger partial charge in [-0.15, -0.1) is 0 Å². The number of carbonyl (C=O) groups excluding carboxylic acids is 1. The molecule has 3 heterocycles. The zero-order chi connectivity index (χ0) is 22.8. The van der Waals surface area contributed by atoms with Crippen molar-refractivity contribution in [1.29, 1.82) is 0 Å². The van der Waals surface area contributed by atoms with Gasteiger partial charge in [-0.2, -0.15) is 0 Å². The lowest BCUT2D eigenvalue weighted by molar-refractivity contribution is 0.113. The summed E-state index contributed by atoms with van der Waals surface area (Å²) in [4.78, 5) is 24.5. The summed E-state index contributed by atoms with van der Waals surface area (Å²) >= 11 is 6.40. The minimum Gasteiger partial charge on any atom is -0.486 e. The molecule has 2 aliphatic heterocycles. The van der Waals surface area contributed by atoms with Crippen LogP contribution >= 0.6 is 11.6 Å². The summed E-state index contributed by atoms with van der Waals surface area (Å²) in [5.41, 5.74) is 1.67. The molecule has 4 rings (SSSR count). The number of piperidine rings is 1. The number of aromatic nitrogens is 2. The summed E-state index contributed by atoms with van der Waals surface area (Å²) in [6.45, 7) is 6.37. The topological polar surface area (TPSA) is 79.8 Å². The van der Waals surface area contributed by atoms with Crippen molar-refractivity contribution in [3.05, 3.63) is 29.2 Å². The molecular formula is C22H27ClFN5O3. The van der Waals surface area contributed by atoms with Gasteiger partial charge in [0, 0.05) is 30.7 Å². The number of carbonyl (C=O) groups is 1. The number of hydrogen-bond donors (Lipinski definition) is 1. The van der Waals surface area contributed by atoms with Crippen LogP contribution in [0.2, 0.25) is 5.02 Å². The minimum absolute atomic E-state index is 0.0259. The van der Waals surface area contributed by atoms with Crippen molar-refractivity contribution in [2.45, 2.75) is 38.8 Å². The quantitative estimate of drug-likeness (QED) is 0.728. The fraction of sp³-hybridized carbons (Fsp3) is 0.500. The molecule has 0 spiro atoms. The second-order valence-electron chi connectivity index (χ2n) is 8.23. The van der Waals surface area contributed by atoms with Gasteiger partial charge in [0.05, 0.1) is 36.3 Å². The van der Waals surface area contributed by atoms with Crippen LogP contribution in [0.5, 0.6) is 5.75 Å². The molecule has 1 N–H and O–H groups in total. The predicted molar refractivity (Wildman–Crippen MR) is 121 cm³/mol. The fourth-order valence-corrected chi connectivity index (χ4v) is 4.39. The highest BCUT2D eigenvalue weighted by atomic mass is 35.5. The van der Waals surface area contributed by atoms with Gasteiger partial charge in [-0.25, -0.2) is 19.2 Å². The molecule has 0 radical (unpaired) electrons.